The fraction of sp³-hybridized carbons (Fsp3) is 0.286. The van der Waals surface area contributed by atoms with Crippen LogP contribution in [0.4, 0.5) is 0 Å². The highest BCUT2D eigenvalue weighted by molar-refractivity contribution is 5.97. The zero-order valence-electron chi connectivity index (χ0n) is 14.4. The molecule has 0 spiro atoms. The summed E-state index contributed by atoms with van der Waals surface area (Å²) in [5.41, 5.74) is 2.22. The number of benzene rings is 2. The lowest BCUT2D eigenvalue weighted by Gasteiger charge is -2.19. The summed E-state index contributed by atoms with van der Waals surface area (Å²) in [7, 11) is 0. The van der Waals surface area contributed by atoms with Crippen LogP contribution in [0.25, 0.3) is 0 Å². The fourth-order valence-electron chi connectivity index (χ4n) is 2.74. The van der Waals surface area contributed by atoms with Gasteiger partial charge in [0.1, 0.15) is 6.04 Å². The van der Waals surface area contributed by atoms with Crippen molar-refractivity contribution in [1.29, 1.82) is 5.26 Å². The van der Waals surface area contributed by atoms with E-state index < -0.39 is 6.04 Å². The van der Waals surface area contributed by atoms with E-state index in [2.05, 4.69) is 16.7 Å². The molecule has 1 aliphatic carbocycles. The molecular formula is C21H21N3O2. The molecule has 5 nitrogen and oxygen atoms in total. The first kappa shape index (κ1) is 17.7. The van der Waals surface area contributed by atoms with Gasteiger partial charge < -0.3 is 10.6 Å². The van der Waals surface area contributed by atoms with Crippen LogP contribution >= 0.6 is 0 Å². The van der Waals surface area contributed by atoms with Crippen LogP contribution in [-0.2, 0) is 17.6 Å². The van der Waals surface area contributed by atoms with Gasteiger partial charge in [-0.25, -0.2) is 0 Å². The fourth-order valence-corrected chi connectivity index (χ4v) is 2.74. The van der Waals surface area contributed by atoms with Crippen LogP contribution in [0.2, 0.25) is 0 Å². The summed E-state index contributed by atoms with van der Waals surface area (Å²) in [6.07, 6.45) is 2.67. The lowest BCUT2D eigenvalue weighted by molar-refractivity contribution is -0.123. The quantitative estimate of drug-likeness (QED) is 0.807. The van der Waals surface area contributed by atoms with Crippen molar-refractivity contribution in [3.8, 4) is 6.07 Å². The Bertz CT molecular complexity index is 823. The van der Waals surface area contributed by atoms with Crippen molar-refractivity contribution < 1.29 is 9.59 Å². The van der Waals surface area contributed by atoms with Crippen LogP contribution < -0.4 is 10.6 Å². The second-order valence-electron chi connectivity index (χ2n) is 6.53. The Hall–Kier alpha value is -3.13. The minimum Gasteiger partial charge on any atom is -0.352 e. The Kier molecular flexibility index (Phi) is 5.65. The average molecular weight is 347 g/mol. The van der Waals surface area contributed by atoms with Gasteiger partial charge >= 0.3 is 0 Å². The van der Waals surface area contributed by atoms with Crippen LogP contribution in [0.15, 0.2) is 54.6 Å². The van der Waals surface area contributed by atoms with E-state index in [1.165, 1.54) is 0 Å². The molecule has 0 aliphatic heterocycles. The van der Waals surface area contributed by atoms with E-state index in [0.29, 0.717) is 12.0 Å². The molecule has 5 heteroatoms. The van der Waals surface area contributed by atoms with Crippen molar-refractivity contribution in [1.82, 2.24) is 10.6 Å². The number of carbonyl (C=O) groups is 2. The number of hydrogen-bond acceptors (Lipinski definition) is 3. The van der Waals surface area contributed by atoms with Gasteiger partial charge in [0, 0.05) is 18.0 Å². The highest BCUT2D eigenvalue weighted by Gasteiger charge is 2.28. The third-order valence-electron chi connectivity index (χ3n) is 4.30. The molecule has 2 aromatic rings. The summed E-state index contributed by atoms with van der Waals surface area (Å²) < 4.78 is 0. The summed E-state index contributed by atoms with van der Waals surface area (Å²) in [5.74, 6) is -0.463. The number of amides is 2. The number of nitrogens with one attached hydrogen (secondary N) is 2. The minimum absolute atomic E-state index is 0.155. The van der Waals surface area contributed by atoms with Crippen molar-refractivity contribution in [2.75, 3.05) is 0 Å². The molecule has 0 heterocycles. The third kappa shape index (κ3) is 4.93. The van der Waals surface area contributed by atoms with E-state index in [9.17, 15) is 9.59 Å². The monoisotopic (exact) mass is 347 g/mol. The van der Waals surface area contributed by atoms with Gasteiger partial charge in [0.25, 0.3) is 5.91 Å². The van der Waals surface area contributed by atoms with Crippen molar-refractivity contribution in [2.45, 2.75) is 37.8 Å². The molecule has 1 atom stereocenters. The van der Waals surface area contributed by atoms with Crippen LogP contribution in [0, 0.1) is 11.3 Å². The molecule has 1 saturated carbocycles. The summed E-state index contributed by atoms with van der Waals surface area (Å²) in [6.45, 7) is 0. The Morgan fingerprint density at radius 1 is 1.08 bits per heavy atom. The standard InChI is InChI=1S/C21H21N3O2/c22-12-11-16-7-4-8-17(13-16)20(25)24-19(21(26)23-18-9-10-18)14-15-5-2-1-3-6-15/h1-8,13,18-19H,9-11,14H2,(H,23,26)(H,24,25). The first-order chi connectivity index (χ1) is 12.7. The number of nitriles is 1. The first-order valence-electron chi connectivity index (χ1n) is 8.77. The molecule has 1 aliphatic rings. The van der Waals surface area contributed by atoms with Crippen molar-refractivity contribution in [3.05, 3.63) is 71.3 Å². The topological polar surface area (TPSA) is 82.0 Å². The molecule has 0 aromatic heterocycles. The SMILES string of the molecule is N#CCc1cccc(C(=O)NC(Cc2ccccc2)C(=O)NC2CC2)c1. The molecular weight excluding hydrogens is 326 g/mol. The van der Waals surface area contributed by atoms with Gasteiger partial charge in [0.2, 0.25) is 5.91 Å². The number of carbonyl (C=O) groups excluding carboxylic acids is 2. The smallest absolute Gasteiger partial charge is 0.251 e. The molecule has 2 N–H and O–H groups in total. The second kappa shape index (κ2) is 8.30. The second-order valence-corrected chi connectivity index (χ2v) is 6.53. The summed E-state index contributed by atoms with van der Waals surface area (Å²) in [4.78, 5) is 25.2. The third-order valence-corrected chi connectivity index (χ3v) is 4.30. The average Bonchev–Trinajstić information content (AvgIpc) is 3.46. The molecule has 3 rings (SSSR count). The Morgan fingerprint density at radius 3 is 2.50 bits per heavy atom. The van der Waals surface area contributed by atoms with Gasteiger partial charge in [-0.15, -0.1) is 0 Å². The molecule has 0 saturated heterocycles. The predicted octanol–water partition coefficient (Wildman–Crippen LogP) is 2.37. The summed E-state index contributed by atoms with van der Waals surface area (Å²) in [6, 6.07) is 18.2. The lowest BCUT2D eigenvalue weighted by atomic mass is 10.0. The minimum atomic E-state index is -0.634. The highest BCUT2D eigenvalue weighted by atomic mass is 16.2. The largest absolute Gasteiger partial charge is 0.352 e. The number of nitrogens with zero attached hydrogens (tertiary/aromatic N) is 1. The van der Waals surface area contributed by atoms with E-state index >= 15 is 0 Å². The van der Waals surface area contributed by atoms with Crippen LogP contribution in [0.3, 0.4) is 0 Å². The molecule has 26 heavy (non-hydrogen) atoms. The molecule has 2 aromatic carbocycles. The Balaban J connectivity index is 1.73. The predicted molar refractivity (Wildman–Crippen MR) is 98.3 cm³/mol. The van der Waals surface area contributed by atoms with Gasteiger partial charge in [-0.1, -0.05) is 42.5 Å². The van der Waals surface area contributed by atoms with Gasteiger partial charge in [0.05, 0.1) is 12.5 Å². The molecule has 1 unspecified atom stereocenters. The van der Waals surface area contributed by atoms with E-state index in [1.54, 1.807) is 24.3 Å². The van der Waals surface area contributed by atoms with Gasteiger partial charge in [-0.2, -0.15) is 5.26 Å². The molecule has 2 amide bonds. The van der Waals surface area contributed by atoms with Crippen LogP contribution in [0.1, 0.15) is 34.3 Å². The zero-order valence-corrected chi connectivity index (χ0v) is 14.4. The van der Waals surface area contributed by atoms with Crippen LogP contribution in [-0.4, -0.2) is 23.9 Å². The van der Waals surface area contributed by atoms with E-state index in [1.807, 2.05) is 30.3 Å². The Labute approximate surface area is 153 Å². The van der Waals surface area contributed by atoms with Gasteiger partial charge in [-0.3, -0.25) is 9.59 Å². The first-order valence-corrected chi connectivity index (χ1v) is 8.77. The Morgan fingerprint density at radius 2 is 1.81 bits per heavy atom. The normalized spacial score (nSPS) is 14.1. The molecule has 132 valence electrons. The van der Waals surface area contributed by atoms with E-state index in [4.69, 9.17) is 5.26 Å². The highest BCUT2D eigenvalue weighted by Crippen LogP contribution is 2.19. The number of hydrogen-bond donors (Lipinski definition) is 2. The van der Waals surface area contributed by atoms with Crippen LogP contribution in [0.5, 0.6) is 0 Å². The summed E-state index contributed by atoms with van der Waals surface area (Å²) in [5, 5.41) is 14.6. The van der Waals surface area contributed by atoms with Crippen molar-refractivity contribution in [3.63, 3.8) is 0 Å². The maximum Gasteiger partial charge on any atom is 0.251 e. The van der Waals surface area contributed by atoms with Crippen molar-refractivity contribution >= 4 is 11.8 Å². The zero-order chi connectivity index (χ0) is 18.4. The van der Waals surface area contributed by atoms with Crippen molar-refractivity contribution in [2.24, 2.45) is 0 Å². The molecule has 0 bridgehead atoms. The lowest BCUT2D eigenvalue weighted by Crippen LogP contribution is -2.48. The van der Waals surface area contributed by atoms with Gasteiger partial charge in [-0.05, 0) is 36.1 Å². The van der Waals surface area contributed by atoms with Gasteiger partial charge in [0.15, 0.2) is 0 Å². The number of rotatable bonds is 7. The molecule has 1 fully saturated rings. The maximum atomic E-state index is 12.6. The maximum absolute atomic E-state index is 12.6. The van der Waals surface area contributed by atoms with E-state index in [0.717, 1.165) is 24.0 Å². The van der Waals surface area contributed by atoms with E-state index in [-0.39, 0.29) is 24.3 Å². The summed E-state index contributed by atoms with van der Waals surface area (Å²) >= 11 is 0. The molecule has 0 radical (unpaired) electrons.